The lowest BCUT2D eigenvalue weighted by Crippen LogP contribution is -2.29. The van der Waals surface area contributed by atoms with E-state index in [-0.39, 0.29) is 23.5 Å². The maximum absolute atomic E-state index is 11.7. The molecule has 0 aromatic heterocycles. The Morgan fingerprint density at radius 2 is 2.31 bits per heavy atom. The Hall–Kier alpha value is -1.26. The molecule has 0 aliphatic heterocycles. The monoisotopic (exact) mass is 242 g/mol. The minimum atomic E-state index is -0.280. The summed E-state index contributed by atoms with van der Waals surface area (Å²) < 4.78 is 0. The van der Waals surface area contributed by atoms with Crippen LogP contribution in [0.4, 0.5) is 5.69 Å². The highest BCUT2D eigenvalue weighted by Crippen LogP contribution is 2.22. The van der Waals surface area contributed by atoms with Gasteiger partial charge in [0, 0.05) is 13.2 Å². The van der Waals surface area contributed by atoms with E-state index >= 15 is 0 Å². The number of hydrogen-bond acceptors (Lipinski definition) is 3. The number of nitrogens with two attached hydrogens (primary N) is 1. The van der Waals surface area contributed by atoms with Crippen molar-refractivity contribution in [2.45, 2.75) is 6.92 Å². The Bertz CT molecular complexity index is 382. The fourth-order valence-electron chi connectivity index (χ4n) is 1.15. The number of anilines is 1. The quantitative estimate of drug-likeness (QED) is 0.697. The zero-order chi connectivity index (χ0) is 12.1. The molecule has 0 heterocycles. The SMILES string of the molecule is CC(CO)CNC(=O)c1cccc(N)c1Cl. The first-order valence-electron chi connectivity index (χ1n) is 4.99. The molecule has 1 aromatic rings. The summed E-state index contributed by atoms with van der Waals surface area (Å²) in [4.78, 5) is 11.7. The van der Waals surface area contributed by atoms with Crippen molar-refractivity contribution in [3.8, 4) is 0 Å². The van der Waals surface area contributed by atoms with Crippen LogP contribution in [0.15, 0.2) is 18.2 Å². The van der Waals surface area contributed by atoms with Gasteiger partial charge in [-0.25, -0.2) is 0 Å². The molecule has 0 aliphatic rings. The number of carbonyl (C=O) groups is 1. The Kier molecular flexibility index (Phi) is 4.58. The number of nitrogen functional groups attached to an aromatic ring is 1. The van der Waals surface area contributed by atoms with Gasteiger partial charge in [0.05, 0.1) is 16.3 Å². The first-order chi connectivity index (χ1) is 7.56. The van der Waals surface area contributed by atoms with Crippen LogP contribution in [0.1, 0.15) is 17.3 Å². The fraction of sp³-hybridized carbons (Fsp3) is 0.364. The van der Waals surface area contributed by atoms with Crippen molar-refractivity contribution < 1.29 is 9.90 Å². The highest BCUT2D eigenvalue weighted by molar-refractivity contribution is 6.36. The first kappa shape index (κ1) is 12.8. The Labute approximate surface area is 99.4 Å². The fourth-order valence-corrected chi connectivity index (χ4v) is 1.36. The van der Waals surface area contributed by atoms with Crippen LogP contribution < -0.4 is 11.1 Å². The highest BCUT2D eigenvalue weighted by Gasteiger charge is 2.12. The van der Waals surface area contributed by atoms with Crippen LogP contribution in [0.3, 0.4) is 0 Å². The number of aliphatic hydroxyl groups is 1. The van der Waals surface area contributed by atoms with E-state index in [2.05, 4.69) is 5.32 Å². The van der Waals surface area contributed by atoms with E-state index < -0.39 is 0 Å². The van der Waals surface area contributed by atoms with Crippen LogP contribution in [-0.4, -0.2) is 24.2 Å². The number of hydrogen-bond donors (Lipinski definition) is 3. The number of aliphatic hydroxyl groups excluding tert-OH is 1. The van der Waals surface area contributed by atoms with Gasteiger partial charge >= 0.3 is 0 Å². The standard InChI is InChI=1S/C11H15ClN2O2/c1-7(6-15)5-14-11(16)8-3-2-4-9(13)10(8)12/h2-4,7,15H,5-6,13H2,1H3,(H,14,16). The van der Waals surface area contributed by atoms with Crippen LogP contribution >= 0.6 is 11.6 Å². The largest absolute Gasteiger partial charge is 0.398 e. The lowest BCUT2D eigenvalue weighted by atomic mass is 10.1. The second kappa shape index (κ2) is 5.72. The Balaban J connectivity index is 2.70. The number of rotatable bonds is 4. The van der Waals surface area contributed by atoms with Crippen molar-refractivity contribution >= 4 is 23.2 Å². The van der Waals surface area contributed by atoms with Gasteiger partial charge in [-0.1, -0.05) is 24.6 Å². The topological polar surface area (TPSA) is 75.3 Å². The summed E-state index contributed by atoms with van der Waals surface area (Å²) in [5, 5.41) is 11.8. The first-order valence-corrected chi connectivity index (χ1v) is 5.37. The third-order valence-corrected chi connectivity index (χ3v) is 2.62. The summed E-state index contributed by atoms with van der Waals surface area (Å²) in [6.07, 6.45) is 0. The third-order valence-electron chi connectivity index (χ3n) is 2.20. The average molecular weight is 243 g/mol. The predicted molar refractivity (Wildman–Crippen MR) is 64.4 cm³/mol. The van der Waals surface area contributed by atoms with Gasteiger partial charge in [0.25, 0.3) is 5.91 Å². The van der Waals surface area contributed by atoms with Gasteiger partial charge < -0.3 is 16.2 Å². The Morgan fingerprint density at radius 3 is 2.94 bits per heavy atom. The van der Waals surface area contributed by atoms with Crippen LogP contribution in [0.2, 0.25) is 5.02 Å². The molecule has 1 rings (SSSR count). The molecule has 88 valence electrons. The molecule has 1 unspecified atom stereocenters. The van der Waals surface area contributed by atoms with Crippen LogP contribution in [-0.2, 0) is 0 Å². The molecule has 0 aliphatic carbocycles. The van der Waals surface area contributed by atoms with Gasteiger partial charge in [-0.2, -0.15) is 0 Å². The normalized spacial score (nSPS) is 12.2. The van der Waals surface area contributed by atoms with Crippen molar-refractivity contribution in [2.24, 2.45) is 5.92 Å². The zero-order valence-corrected chi connectivity index (χ0v) is 9.79. The molecule has 0 saturated heterocycles. The molecule has 0 spiro atoms. The molecular formula is C11H15ClN2O2. The van der Waals surface area contributed by atoms with Crippen molar-refractivity contribution in [2.75, 3.05) is 18.9 Å². The molecule has 0 saturated carbocycles. The summed E-state index contributed by atoms with van der Waals surface area (Å²) >= 11 is 5.90. The summed E-state index contributed by atoms with van der Waals surface area (Å²) in [7, 11) is 0. The van der Waals surface area contributed by atoms with Crippen LogP contribution in [0, 0.1) is 5.92 Å². The van der Waals surface area contributed by atoms with E-state index in [1.807, 2.05) is 6.92 Å². The average Bonchev–Trinajstić information content (AvgIpc) is 2.29. The van der Waals surface area contributed by atoms with Gasteiger partial charge in [-0.15, -0.1) is 0 Å². The summed E-state index contributed by atoms with van der Waals surface area (Å²) in [5.41, 5.74) is 6.32. The Morgan fingerprint density at radius 1 is 1.62 bits per heavy atom. The summed E-state index contributed by atoms with van der Waals surface area (Å²) in [6, 6.07) is 4.92. The van der Waals surface area contributed by atoms with E-state index in [1.165, 1.54) is 0 Å². The van der Waals surface area contributed by atoms with Crippen LogP contribution in [0.25, 0.3) is 0 Å². The lowest BCUT2D eigenvalue weighted by molar-refractivity contribution is 0.0942. The number of nitrogens with one attached hydrogen (secondary N) is 1. The second-order valence-electron chi connectivity index (χ2n) is 3.71. The molecule has 16 heavy (non-hydrogen) atoms. The molecule has 0 bridgehead atoms. The van der Waals surface area contributed by atoms with Crippen molar-refractivity contribution in [1.82, 2.24) is 5.32 Å². The molecule has 4 nitrogen and oxygen atoms in total. The molecule has 1 aromatic carbocycles. The van der Waals surface area contributed by atoms with Crippen molar-refractivity contribution in [1.29, 1.82) is 0 Å². The predicted octanol–water partition coefficient (Wildman–Crippen LogP) is 1.28. The number of carbonyl (C=O) groups excluding carboxylic acids is 1. The van der Waals surface area contributed by atoms with Crippen molar-refractivity contribution in [3.05, 3.63) is 28.8 Å². The van der Waals surface area contributed by atoms with Gasteiger partial charge in [0.2, 0.25) is 0 Å². The molecule has 1 atom stereocenters. The third kappa shape index (κ3) is 3.12. The smallest absolute Gasteiger partial charge is 0.252 e. The number of benzene rings is 1. The second-order valence-corrected chi connectivity index (χ2v) is 4.08. The molecule has 4 N–H and O–H groups in total. The highest BCUT2D eigenvalue weighted by atomic mass is 35.5. The minimum Gasteiger partial charge on any atom is -0.398 e. The van der Waals surface area contributed by atoms with Crippen molar-refractivity contribution in [3.63, 3.8) is 0 Å². The van der Waals surface area contributed by atoms with E-state index in [4.69, 9.17) is 22.4 Å². The molecule has 1 amide bonds. The van der Waals surface area contributed by atoms with Crippen LogP contribution in [0.5, 0.6) is 0 Å². The van der Waals surface area contributed by atoms with E-state index in [9.17, 15) is 4.79 Å². The van der Waals surface area contributed by atoms with E-state index in [1.54, 1.807) is 18.2 Å². The zero-order valence-electron chi connectivity index (χ0n) is 9.03. The lowest BCUT2D eigenvalue weighted by Gasteiger charge is -2.11. The molecular weight excluding hydrogens is 228 g/mol. The number of amides is 1. The van der Waals surface area contributed by atoms with Gasteiger partial charge in [-0.3, -0.25) is 4.79 Å². The molecule has 5 heteroatoms. The maximum Gasteiger partial charge on any atom is 0.252 e. The number of halogens is 1. The van der Waals surface area contributed by atoms with Gasteiger partial charge in [0.1, 0.15) is 0 Å². The van der Waals surface area contributed by atoms with E-state index in [0.29, 0.717) is 17.8 Å². The maximum atomic E-state index is 11.7. The summed E-state index contributed by atoms with van der Waals surface area (Å²) in [6.45, 7) is 2.27. The van der Waals surface area contributed by atoms with Gasteiger partial charge in [0.15, 0.2) is 0 Å². The summed E-state index contributed by atoms with van der Waals surface area (Å²) in [5.74, 6) is -0.263. The molecule has 0 fully saturated rings. The van der Waals surface area contributed by atoms with Gasteiger partial charge in [-0.05, 0) is 18.1 Å². The molecule has 0 radical (unpaired) electrons. The van der Waals surface area contributed by atoms with E-state index in [0.717, 1.165) is 0 Å². The minimum absolute atomic E-state index is 0.0174.